The van der Waals surface area contributed by atoms with Gasteiger partial charge in [0, 0.05) is 18.8 Å². The van der Waals surface area contributed by atoms with Gasteiger partial charge >= 0.3 is 0 Å². The molecule has 0 aromatic carbocycles. The Hall–Kier alpha value is -1.20. The van der Waals surface area contributed by atoms with Crippen LogP contribution >= 0.6 is 12.2 Å². The number of hydrogen-bond donors (Lipinski definition) is 2. The van der Waals surface area contributed by atoms with Crippen molar-refractivity contribution < 1.29 is 0 Å². The first-order chi connectivity index (χ1) is 8.41. The largest absolute Gasteiger partial charge is 0.388 e. The molecule has 0 saturated heterocycles. The van der Waals surface area contributed by atoms with Crippen LogP contribution in [0.5, 0.6) is 0 Å². The number of aromatic nitrogens is 1. The molecule has 18 heavy (non-hydrogen) atoms. The highest BCUT2D eigenvalue weighted by Gasteiger charge is 2.16. The predicted octanol–water partition coefficient (Wildman–Crippen LogP) is 1.71. The van der Waals surface area contributed by atoms with Crippen molar-refractivity contribution in [3.05, 3.63) is 24.0 Å². The van der Waals surface area contributed by atoms with Crippen LogP contribution in [0.2, 0.25) is 0 Å². The lowest BCUT2D eigenvalue weighted by Gasteiger charge is -2.27. The summed E-state index contributed by atoms with van der Waals surface area (Å²) in [5.41, 5.74) is 7.26. The maximum absolute atomic E-state index is 5.69. The zero-order valence-corrected chi connectivity index (χ0v) is 12.3. The second kappa shape index (κ2) is 6.66. The summed E-state index contributed by atoms with van der Waals surface area (Å²) in [6.07, 6.45) is 1.70. The summed E-state index contributed by atoms with van der Waals surface area (Å²) in [4.78, 5) is 6.71. The van der Waals surface area contributed by atoms with Crippen molar-refractivity contribution in [1.82, 2.24) is 9.88 Å². The third-order valence-corrected chi connectivity index (χ3v) is 2.94. The molecule has 100 valence electrons. The van der Waals surface area contributed by atoms with Gasteiger partial charge in [-0.15, -0.1) is 0 Å². The molecule has 1 aromatic heterocycles. The molecule has 1 unspecified atom stereocenters. The maximum Gasteiger partial charge on any atom is 0.124 e. The summed E-state index contributed by atoms with van der Waals surface area (Å²) < 4.78 is 0. The van der Waals surface area contributed by atoms with Gasteiger partial charge in [-0.1, -0.05) is 26.1 Å². The lowest BCUT2D eigenvalue weighted by Crippen LogP contribution is -2.37. The van der Waals surface area contributed by atoms with E-state index in [0.29, 0.717) is 22.6 Å². The van der Waals surface area contributed by atoms with Crippen molar-refractivity contribution in [2.45, 2.75) is 19.9 Å². The summed E-state index contributed by atoms with van der Waals surface area (Å²) in [7, 11) is 4.13. The monoisotopic (exact) mass is 266 g/mol. The van der Waals surface area contributed by atoms with Crippen LogP contribution in [0.1, 0.15) is 19.5 Å². The predicted molar refractivity (Wildman–Crippen MR) is 80.9 cm³/mol. The number of likely N-dealkylation sites (N-methyl/N-ethyl adjacent to an activating group) is 1. The van der Waals surface area contributed by atoms with E-state index in [9.17, 15) is 0 Å². The van der Waals surface area contributed by atoms with Crippen LogP contribution in [0, 0.1) is 5.92 Å². The highest BCUT2D eigenvalue weighted by atomic mass is 32.1. The van der Waals surface area contributed by atoms with E-state index in [4.69, 9.17) is 18.0 Å². The smallest absolute Gasteiger partial charge is 0.124 e. The number of rotatable bonds is 6. The molecule has 1 aromatic rings. The van der Waals surface area contributed by atoms with E-state index in [2.05, 4.69) is 43.1 Å². The lowest BCUT2D eigenvalue weighted by atomic mass is 10.0. The molecule has 1 atom stereocenters. The topological polar surface area (TPSA) is 54.2 Å². The van der Waals surface area contributed by atoms with Gasteiger partial charge in [-0.05, 0) is 32.1 Å². The number of nitrogens with zero attached hydrogens (tertiary/aromatic N) is 2. The molecular weight excluding hydrogens is 244 g/mol. The van der Waals surface area contributed by atoms with Gasteiger partial charge in [0.1, 0.15) is 10.7 Å². The van der Waals surface area contributed by atoms with E-state index in [1.165, 1.54) is 0 Å². The average Bonchev–Trinajstić information content (AvgIpc) is 2.27. The van der Waals surface area contributed by atoms with Gasteiger partial charge in [0.05, 0.1) is 5.69 Å². The molecule has 3 N–H and O–H groups in total. The van der Waals surface area contributed by atoms with Crippen LogP contribution in [0.3, 0.4) is 0 Å². The Balaban J connectivity index is 2.90. The Labute approximate surface area is 115 Å². The van der Waals surface area contributed by atoms with Crippen molar-refractivity contribution in [2.75, 3.05) is 26.0 Å². The molecule has 1 rings (SSSR count). The van der Waals surface area contributed by atoms with Gasteiger partial charge in [-0.2, -0.15) is 0 Å². The molecule has 4 nitrogen and oxygen atoms in total. The second-order valence-corrected chi connectivity index (χ2v) is 5.46. The van der Waals surface area contributed by atoms with Gasteiger partial charge in [0.15, 0.2) is 0 Å². The molecule has 0 bridgehead atoms. The summed E-state index contributed by atoms with van der Waals surface area (Å²) in [5.74, 6) is 0.506. The zero-order valence-electron chi connectivity index (χ0n) is 11.5. The number of anilines is 1. The molecule has 1 heterocycles. The Morgan fingerprint density at radius 2 is 2.17 bits per heavy atom. The van der Waals surface area contributed by atoms with Gasteiger partial charge in [0.2, 0.25) is 0 Å². The first-order valence-corrected chi connectivity index (χ1v) is 6.48. The highest BCUT2D eigenvalue weighted by molar-refractivity contribution is 7.80. The van der Waals surface area contributed by atoms with Crippen LogP contribution < -0.4 is 11.1 Å². The van der Waals surface area contributed by atoms with Gasteiger partial charge in [-0.3, -0.25) is 4.98 Å². The van der Waals surface area contributed by atoms with Crippen molar-refractivity contribution in [1.29, 1.82) is 0 Å². The molecule has 0 spiro atoms. The van der Waals surface area contributed by atoms with E-state index in [1.54, 1.807) is 6.20 Å². The van der Waals surface area contributed by atoms with E-state index < -0.39 is 0 Å². The first kappa shape index (κ1) is 14.9. The lowest BCUT2D eigenvalue weighted by molar-refractivity contribution is 0.344. The van der Waals surface area contributed by atoms with E-state index in [0.717, 1.165) is 12.2 Å². The van der Waals surface area contributed by atoms with Crippen LogP contribution in [0.4, 0.5) is 5.69 Å². The molecule has 0 aliphatic heterocycles. The minimum Gasteiger partial charge on any atom is -0.388 e. The quantitative estimate of drug-likeness (QED) is 0.768. The molecule has 5 heteroatoms. The van der Waals surface area contributed by atoms with Gasteiger partial charge in [-0.25, -0.2) is 0 Å². The number of nitrogens with two attached hydrogens (primary N) is 1. The van der Waals surface area contributed by atoms with Crippen molar-refractivity contribution in [3.8, 4) is 0 Å². The number of nitrogens with one attached hydrogen (secondary N) is 1. The molecular formula is C13H22N4S. The van der Waals surface area contributed by atoms with Crippen molar-refractivity contribution in [2.24, 2.45) is 11.7 Å². The molecule has 0 aliphatic carbocycles. The Morgan fingerprint density at radius 1 is 1.50 bits per heavy atom. The summed E-state index contributed by atoms with van der Waals surface area (Å²) in [6.45, 7) is 5.33. The minimum atomic E-state index is 0.324. The fourth-order valence-electron chi connectivity index (χ4n) is 1.73. The number of pyridine rings is 1. The summed E-state index contributed by atoms with van der Waals surface area (Å²) in [6, 6.07) is 4.18. The maximum atomic E-state index is 5.69. The third kappa shape index (κ3) is 4.23. The SMILES string of the molecule is CC(C)C(CN(C)C)Nc1cccnc1C(N)=S. The Morgan fingerprint density at radius 3 is 2.67 bits per heavy atom. The van der Waals surface area contributed by atoms with Gasteiger partial charge in [0.25, 0.3) is 0 Å². The van der Waals surface area contributed by atoms with Crippen LogP contribution in [-0.4, -0.2) is 41.6 Å². The number of thiocarbonyl (C=S) groups is 1. The molecule has 0 radical (unpaired) electrons. The van der Waals surface area contributed by atoms with Crippen LogP contribution in [0.15, 0.2) is 18.3 Å². The zero-order chi connectivity index (χ0) is 13.7. The molecule has 0 saturated carbocycles. The Kier molecular flexibility index (Phi) is 5.50. The van der Waals surface area contributed by atoms with E-state index in [1.807, 2.05) is 12.1 Å². The first-order valence-electron chi connectivity index (χ1n) is 6.08. The van der Waals surface area contributed by atoms with E-state index >= 15 is 0 Å². The minimum absolute atomic E-state index is 0.324. The van der Waals surface area contributed by atoms with Gasteiger partial charge < -0.3 is 16.0 Å². The summed E-state index contributed by atoms with van der Waals surface area (Å²) in [5, 5.41) is 3.49. The van der Waals surface area contributed by atoms with E-state index in [-0.39, 0.29) is 0 Å². The normalized spacial score (nSPS) is 12.8. The standard InChI is InChI=1S/C13H22N4S/c1-9(2)11(8-17(3)4)16-10-6-5-7-15-12(10)13(14)18/h5-7,9,11,16H,8H2,1-4H3,(H2,14,18). The highest BCUT2D eigenvalue weighted by Crippen LogP contribution is 2.16. The Bertz CT molecular complexity index is 404. The van der Waals surface area contributed by atoms with Crippen LogP contribution in [0.25, 0.3) is 0 Å². The summed E-state index contributed by atoms with van der Waals surface area (Å²) >= 11 is 5.02. The van der Waals surface area contributed by atoms with Crippen molar-refractivity contribution >= 4 is 22.9 Å². The molecule has 0 fully saturated rings. The fourth-order valence-corrected chi connectivity index (χ4v) is 1.90. The number of hydrogen-bond acceptors (Lipinski definition) is 4. The van der Waals surface area contributed by atoms with Crippen LogP contribution in [-0.2, 0) is 0 Å². The second-order valence-electron chi connectivity index (χ2n) is 5.02. The fraction of sp³-hybridized carbons (Fsp3) is 0.538. The molecule has 0 amide bonds. The molecule has 0 aliphatic rings. The average molecular weight is 266 g/mol. The van der Waals surface area contributed by atoms with Crippen molar-refractivity contribution in [3.63, 3.8) is 0 Å². The third-order valence-electron chi connectivity index (χ3n) is 2.75.